The summed E-state index contributed by atoms with van der Waals surface area (Å²) >= 11 is 0. The zero-order valence-electron chi connectivity index (χ0n) is 11.0. The van der Waals surface area contributed by atoms with Gasteiger partial charge in [0.15, 0.2) is 0 Å². The van der Waals surface area contributed by atoms with Crippen molar-refractivity contribution in [3.05, 3.63) is 48.0 Å². The lowest BCUT2D eigenvalue weighted by atomic mass is 10.1. The second-order valence-corrected chi connectivity index (χ2v) is 4.97. The number of benzene rings is 1. The first kappa shape index (κ1) is 12.0. The van der Waals surface area contributed by atoms with Gasteiger partial charge in [0.05, 0.1) is 5.69 Å². The van der Waals surface area contributed by atoms with Crippen LogP contribution in [0.2, 0.25) is 0 Å². The SMILES string of the molecule is Cc1nccn1-c1ccccc1CNC(=O)C1CC1. The Balaban J connectivity index is 1.81. The average Bonchev–Trinajstić information content (AvgIpc) is 3.19. The molecule has 0 atom stereocenters. The Kier molecular flexibility index (Phi) is 3.07. The molecule has 0 unspecified atom stereocenters. The number of nitrogens with one attached hydrogen (secondary N) is 1. The first-order valence-electron chi connectivity index (χ1n) is 6.61. The molecule has 0 saturated heterocycles. The minimum Gasteiger partial charge on any atom is -0.352 e. The summed E-state index contributed by atoms with van der Waals surface area (Å²) in [5.41, 5.74) is 2.19. The van der Waals surface area contributed by atoms with E-state index in [1.807, 2.05) is 42.0 Å². The summed E-state index contributed by atoms with van der Waals surface area (Å²) in [6, 6.07) is 8.09. The maximum atomic E-state index is 11.7. The van der Waals surface area contributed by atoms with Gasteiger partial charge in [0.25, 0.3) is 0 Å². The van der Waals surface area contributed by atoms with Crippen molar-refractivity contribution in [1.29, 1.82) is 0 Å². The summed E-state index contributed by atoms with van der Waals surface area (Å²) in [7, 11) is 0. The smallest absolute Gasteiger partial charge is 0.223 e. The van der Waals surface area contributed by atoms with Gasteiger partial charge in [0, 0.05) is 24.9 Å². The summed E-state index contributed by atoms with van der Waals surface area (Å²) < 4.78 is 2.04. The maximum absolute atomic E-state index is 11.7. The van der Waals surface area contributed by atoms with Gasteiger partial charge in [-0.1, -0.05) is 18.2 Å². The van der Waals surface area contributed by atoms with Crippen molar-refractivity contribution < 1.29 is 4.79 Å². The molecule has 1 fully saturated rings. The molecular weight excluding hydrogens is 238 g/mol. The van der Waals surface area contributed by atoms with Crippen molar-refractivity contribution in [2.75, 3.05) is 0 Å². The van der Waals surface area contributed by atoms with E-state index in [0.717, 1.165) is 29.9 Å². The fourth-order valence-electron chi connectivity index (χ4n) is 2.20. The van der Waals surface area contributed by atoms with E-state index >= 15 is 0 Å². The standard InChI is InChI=1S/C15H17N3O/c1-11-16-8-9-18(11)14-5-3-2-4-13(14)10-17-15(19)12-6-7-12/h2-5,8-9,12H,6-7,10H2,1H3,(H,17,19). The molecule has 4 heteroatoms. The van der Waals surface area contributed by atoms with Crippen LogP contribution in [0.25, 0.3) is 5.69 Å². The van der Waals surface area contributed by atoms with Crippen LogP contribution in [-0.2, 0) is 11.3 Å². The van der Waals surface area contributed by atoms with Crippen LogP contribution in [0.15, 0.2) is 36.7 Å². The number of hydrogen-bond donors (Lipinski definition) is 1. The summed E-state index contributed by atoms with van der Waals surface area (Å²) in [4.78, 5) is 16.0. The van der Waals surface area contributed by atoms with E-state index < -0.39 is 0 Å². The minimum atomic E-state index is 0.178. The number of imidazole rings is 1. The highest BCUT2D eigenvalue weighted by Crippen LogP contribution is 2.29. The van der Waals surface area contributed by atoms with Gasteiger partial charge in [-0.3, -0.25) is 4.79 Å². The Labute approximate surface area is 112 Å². The largest absolute Gasteiger partial charge is 0.352 e. The summed E-state index contributed by atoms with van der Waals surface area (Å²) in [5, 5.41) is 3.01. The molecule has 0 spiro atoms. The van der Waals surface area contributed by atoms with E-state index in [0.29, 0.717) is 6.54 Å². The van der Waals surface area contributed by atoms with Gasteiger partial charge in [-0.2, -0.15) is 0 Å². The molecule has 1 aromatic carbocycles. The Morgan fingerprint density at radius 2 is 2.21 bits per heavy atom. The van der Waals surface area contributed by atoms with Crippen molar-refractivity contribution in [3.8, 4) is 5.69 Å². The molecule has 1 amide bonds. The first-order valence-corrected chi connectivity index (χ1v) is 6.61. The number of rotatable bonds is 4. The second-order valence-electron chi connectivity index (χ2n) is 4.97. The lowest BCUT2D eigenvalue weighted by Crippen LogP contribution is -2.24. The summed E-state index contributed by atoms with van der Waals surface area (Å²) in [6.45, 7) is 2.54. The van der Waals surface area contributed by atoms with Gasteiger partial charge in [0.1, 0.15) is 5.82 Å². The molecule has 1 aliphatic carbocycles. The third-order valence-electron chi connectivity index (χ3n) is 3.48. The van der Waals surface area contributed by atoms with E-state index in [9.17, 15) is 4.79 Å². The van der Waals surface area contributed by atoms with E-state index in [1.54, 1.807) is 6.20 Å². The van der Waals surface area contributed by atoms with Crippen molar-refractivity contribution >= 4 is 5.91 Å². The number of nitrogens with zero attached hydrogens (tertiary/aromatic N) is 2. The number of para-hydroxylation sites is 1. The highest BCUT2D eigenvalue weighted by Gasteiger charge is 2.29. The third kappa shape index (κ3) is 2.52. The Bertz CT molecular complexity index is 599. The van der Waals surface area contributed by atoms with Crippen LogP contribution in [-0.4, -0.2) is 15.5 Å². The fraction of sp³-hybridized carbons (Fsp3) is 0.333. The van der Waals surface area contributed by atoms with Crippen molar-refractivity contribution in [2.45, 2.75) is 26.3 Å². The monoisotopic (exact) mass is 255 g/mol. The number of carbonyl (C=O) groups is 1. The lowest BCUT2D eigenvalue weighted by molar-refractivity contribution is -0.122. The van der Waals surface area contributed by atoms with Crippen LogP contribution in [0.5, 0.6) is 0 Å². The molecule has 98 valence electrons. The van der Waals surface area contributed by atoms with E-state index in [4.69, 9.17) is 0 Å². The van der Waals surface area contributed by atoms with Crippen LogP contribution in [0.4, 0.5) is 0 Å². The van der Waals surface area contributed by atoms with Gasteiger partial charge in [-0.15, -0.1) is 0 Å². The molecule has 1 aliphatic rings. The Morgan fingerprint density at radius 3 is 2.89 bits per heavy atom. The summed E-state index contributed by atoms with van der Waals surface area (Å²) in [5.74, 6) is 1.38. The molecule has 0 aliphatic heterocycles. The lowest BCUT2D eigenvalue weighted by Gasteiger charge is -2.12. The molecule has 3 rings (SSSR count). The third-order valence-corrected chi connectivity index (χ3v) is 3.48. The van der Waals surface area contributed by atoms with Crippen molar-refractivity contribution in [2.24, 2.45) is 5.92 Å². The number of hydrogen-bond acceptors (Lipinski definition) is 2. The molecule has 1 heterocycles. The molecule has 1 saturated carbocycles. The van der Waals surface area contributed by atoms with Gasteiger partial charge in [-0.05, 0) is 31.4 Å². The van der Waals surface area contributed by atoms with Gasteiger partial charge in [0.2, 0.25) is 5.91 Å². The Morgan fingerprint density at radius 1 is 1.42 bits per heavy atom. The molecule has 1 N–H and O–H groups in total. The van der Waals surface area contributed by atoms with Crippen LogP contribution >= 0.6 is 0 Å². The van der Waals surface area contributed by atoms with E-state index in [2.05, 4.69) is 10.3 Å². The average molecular weight is 255 g/mol. The maximum Gasteiger partial charge on any atom is 0.223 e. The van der Waals surface area contributed by atoms with Crippen LogP contribution in [0.1, 0.15) is 24.2 Å². The Hall–Kier alpha value is -2.10. The van der Waals surface area contributed by atoms with E-state index in [-0.39, 0.29) is 11.8 Å². The zero-order valence-corrected chi connectivity index (χ0v) is 11.0. The highest BCUT2D eigenvalue weighted by molar-refractivity contribution is 5.80. The number of carbonyl (C=O) groups excluding carboxylic acids is 1. The fourth-order valence-corrected chi connectivity index (χ4v) is 2.20. The topological polar surface area (TPSA) is 46.9 Å². The molecule has 19 heavy (non-hydrogen) atoms. The van der Waals surface area contributed by atoms with E-state index in [1.165, 1.54) is 0 Å². The van der Waals surface area contributed by atoms with Gasteiger partial charge >= 0.3 is 0 Å². The molecule has 1 aromatic heterocycles. The predicted octanol–water partition coefficient (Wildman–Crippen LogP) is 2.21. The zero-order chi connectivity index (χ0) is 13.2. The predicted molar refractivity (Wildman–Crippen MR) is 72.9 cm³/mol. The first-order chi connectivity index (χ1) is 9.25. The molecule has 2 aromatic rings. The highest BCUT2D eigenvalue weighted by atomic mass is 16.2. The number of aryl methyl sites for hydroxylation is 1. The molecule has 0 radical (unpaired) electrons. The number of aromatic nitrogens is 2. The molecular formula is C15H17N3O. The van der Waals surface area contributed by atoms with Crippen LogP contribution < -0.4 is 5.32 Å². The second kappa shape index (κ2) is 4.88. The van der Waals surface area contributed by atoms with Crippen molar-refractivity contribution in [3.63, 3.8) is 0 Å². The van der Waals surface area contributed by atoms with Crippen molar-refractivity contribution in [1.82, 2.24) is 14.9 Å². The summed E-state index contributed by atoms with van der Waals surface area (Å²) in [6.07, 6.45) is 5.80. The van der Waals surface area contributed by atoms with Crippen LogP contribution in [0, 0.1) is 12.8 Å². The van der Waals surface area contributed by atoms with Gasteiger partial charge < -0.3 is 9.88 Å². The van der Waals surface area contributed by atoms with Gasteiger partial charge in [-0.25, -0.2) is 4.98 Å². The minimum absolute atomic E-state index is 0.178. The quantitative estimate of drug-likeness (QED) is 0.910. The normalized spacial score (nSPS) is 14.4. The number of amides is 1. The molecule has 0 bridgehead atoms. The molecule has 4 nitrogen and oxygen atoms in total. The van der Waals surface area contributed by atoms with Crippen LogP contribution in [0.3, 0.4) is 0 Å².